The van der Waals surface area contributed by atoms with E-state index < -0.39 is 88.2 Å². The first kappa shape index (κ1) is 55.4. The van der Waals surface area contributed by atoms with Crippen LogP contribution in [0.3, 0.4) is 0 Å². The second-order valence-electron chi connectivity index (χ2n) is 20.0. The number of nitrogens with two attached hydrogens (primary N) is 2. The van der Waals surface area contributed by atoms with Crippen molar-refractivity contribution < 1.29 is 59.7 Å². The third-order valence-electron chi connectivity index (χ3n) is 14.5. The molecule has 2 radical (unpaired) electrons. The molecule has 5 aromatic heterocycles. The number of aromatic nitrogens is 10. The van der Waals surface area contributed by atoms with E-state index in [0.717, 1.165) is 44.7 Å². The first-order valence-corrected chi connectivity index (χ1v) is 30.9. The number of imidazole rings is 2. The van der Waals surface area contributed by atoms with Crippen LogP contribution in [-0.4, -0.2) is 126 Å². The molecule has 0 saturated carbocycles. The van der Waals surface area contributed by atoms with Crippen molar-refractivity contribution in [3.8, 4) is 34.0 Å². The van der Waals surface area contributed by atoms with E-state index in [1.807, 2.05) is 35.0 Å². The summed E-state index contributed by atoms with van der Waals surface area (Å²) in [6.45, 7) is -4.84. The van der Waals surface area contributed by atoms with E-state index in [9.17, 15) is 14.2 Å². The molecule has 4 aromatic carbocycles. The molecule has 0 aliphatic carbocycles. The van der Waals surface area contributed by atoms with Gasteiger partial charge in [0.2, 0.25) is 13.5 Å². The largest absolute Gasteiger partial charge is 0.492 e. The molecule has 9 heterocycles. The highest BCUT2D eigenvalue weighted by molar-refractivity contribution is 8.54. The number of esters is 1. The normalized spacial score (nSPS) is 26.0. The number of hydrogen-bond acceptors (Lipinski definition) is 22. The zero-order valence-corrected chi connectivity index (χ0v) is 46.7. The minimum Gasteiger partial charge on any atom is -0.492 e. The number of nitrogen functional groups attached to an aromatic ring is 2. The summed E-state index contributed by atoms with van der Waals surface area (Å²) in [5, 5.41) is 9.18. The number of H-pyrrole nitrogens is 1. The molecule has 0 unspecified atom stereocenters. The van der Waals surface area contributed by atoms with Crippen LogP contribution in [0.5, 0.6) is 11.5 Å². The van der Waals surface area contributed by atoms with Crippen LogP contribution in [0, 0.1) is 0 Å². The molecule has 0 spiro atoms. The van der Waals surface area contributed by atoms with Crippen molar-refractivity contribution >= 4 is 78.8 Å². The Bertz CT molecular complexity index is 4150. The molecule has 84 heavy (non-hydrogen) atoms. The number of fused-ring (bicyclic) bond motifs is 9. The van der Waals surface area contributed by atoms with Gasteiger partial charge in [0.15, 0.2) is 41.6 Å². The fraction of sp³-hybridized carbons (Fsp3) is 0.283. The second kappa shape index (κ2) is 22.3. The van der Waals surface area contributed by atoms with Crippen LogP contribution in [0.1, 0.15) is 33.9 Å². The average molecular weight is 1200 g/mol. The number of benzene rings is 4. The lowest BCUT2D eigenvalue weighted by Crippen LogP contribution is -2.37. The van der Waals surface area contributed by atoms with E-state index in [4.69, 9.17) is 56.1 Å². The van der Waals surface area contributed by atoms with Crippen LogP contribution in [0.4, 0.5) is 26.1 Å². The van der Waals surface area contributed by atoms with Crippen molar-refractivity contribution in [2.24, 2.45) is 0 Å². The van der Waals surface area contributed by atoms with Crippen LogP contribution in [0.25, 0.3) is 44.8 Å². The number of para-hydroxylation sites is 1. The van der Waals surface area contributed by atoms with Crippen LogP contribution in [-0.2, 0) is 55.5 Å². The number of nitrogens with one attached hydrogen (secondary N) is 1. The summed E-state index contributed by atoms with van der Waals surface area (Å²) in [6.07, 6.45) is -10.5. The van der Waals surface area contributed by atoms with Gasteiger partial charge >= 0.3 is 12.8 Å². The zero-order valence-electron chi connectivity index (χ0n) is 44.1. The van der Waals surface area contributed by atoms with Crippen molar-refractivity contribution in [1.82, 2.24) is 49.0 Å². The van der Waals surface area contributed by atoms with Gasteiger partial charge in [-0.1, -0.05) is 59.8 Å². The van der Waals surface area contributed by atoms with Crippen molar-refractivity contribution in [2.45, 2.75) is 68.1 Å². The van der Waals surface area contributed by atoms with Gasteiger partial charge in [0.05, 0.1) is 49.4 Å². The van der Waals surface area contributed by atoms with Crippen LogP contribution in [0.2, 0.25) is 0 Å². The van der Waals surface area contributed by atoms with Crippen LogP contribution in [0.15, 0.2) is 127 Å². The molecule has 5 N–H and O–H groups in total. The molecule has 3 fully saturated rings. The number of alkyl halides is 2. The van der Waals surface area contributed by atoms with E-state index in [1.54, 1.807) is 36.4 Å². The standard InChI is InChI=1S/C53H48BF2N13O12P2S/c1-66-22-30-6-2-3-7-33(30)44-41(34-8-4-5-9-36(34)66)64-65-69(44)20-21-74-31-16-12-29(13-17-31)52(71)77-32-14-10-28(11-15-32)25-84-83(73)76-24-38-45(39(55)51(79-38)68-27-61-43-48(68)62-53(58)63-49(43)70)80-82(54,72)75-23-37-46(81-83)40(56)50(78-37)67-26-60-42-35(57)18-19-59-47(42)67/h2-19,26-27,37-40,45-46,50-51H,20-25H2,1H3,(H2,57,59)(H3,58,62,63,70)/t37-,38-,39-,40-,45-,46-,50-,51-,82-,83-/m1/s1. The molecule has 10 atom stereocenters. The Morgan fingerprint density at radius 3 is 2.24 bits per heavy atom. The number of carbonyl (C=O) groups is 1. The number of rotatable bonds is 11. The number of halogens is 2. The third-order valence-corrected chi connectivity index (χ3v) is 19.2. The predicted molar refractivity (Wildman–Crippen MR) is 302 cm³/mol. The Morgan fingerprint density at radius 1 is 0.810 bits per heavy atom. The van der Waals surface area contributed by atoms with Gasteiger partial charge in [-0.3, -0.25) is 32.5 Å². The summed E-state index contributed by atoms with van der Waals surface area (Å²) in [6, 6.07) is 30.6. The monoisotopic (exact) mass is 1200 g/mol. The first-order chi connectivity index (χ1) is 40.6. The van der Waals surface area contributed by atoms with Crippen molar-refractivity contribution in [3.63, 3.8) is 0 Å². The van der Waals surface area contributed by atoms with Crippen LogP contribution >= 0.6 is 25.7 Å². The SMILES string of the molecule is [B][P@@]1(=O)OC[C@H]2O[C@@H](n3cnc4c(N)ccnc43)[C@H](F)[C@@H]2O[P@](=O)(SCc2ccc(OC(=O)c3ccc(OCCn4nnc5c4-c4ccccc4CN(C)c4ccccc4-5)cc3)cc2)OC[C@H]2O[C@@H](n3cnc4c(=O)[nH]c(N)nc43)[C@H](F)[C@@H]2O1. The van der Waals surface area contributed by atoms with Gasteiger partial charge in [0, 0.05) is 42.4 Å². The molecule has 13 rings (SSSR count). The highest BCUT2D eigenvalue weighted by Crippen LogP contribution is 2.65. The summed E-state index contributed by atoms with van der Waals surface area (Å²) < 4.78 is 114. The quantitative estimate of drug-likeness (QED) is 0.0488. The third kappa shape index (κ3) is 10.6. The number of pyridine rings is 1. The summed E-state index contributed by atoms with van der Waals surface area (Å²) in [5.74, 6) is -0.350. The zero-order chi connectivity index (χ0) is 58.0. The highest BCUT2D eigenvalue weighted by Gasteiger charge is 2.55. The maximum Gasteiger partial charge on any atom is 0.389 e. The fourth-order valence-electron chi connectivity index (χ4n) is 10.5. The Hall–Kier alpha value is -7.85. The van der Waals surface area contributed by atoms with E-state index in [2.05, 4.69) is 65.4 Å². The van der Waals surface area contributed by atoms with E-state index >= 15 is 13.3 Å². The molecule has 4 aliphatic heterocycles. The Labute approximate surface area is 480 Å². The number of nitrogens with zero attached hydrogens (tertiary/aromatic N) is 10. The van der Waals surface area contributed by atoms with Crippen molar-refractivity contribution in [2.75, 3.05) is 43.2 Å². The molecule has 3 saturated heterocycles. The lowest BCUT2D eigenvalue weighted by Gasteiger charge is -2.30. The van der Waals surface area contributed by atoms with E-state index in [-0.39, 0.29) is 57.6 Å². The lowest BCUT2D eigenvalue weighted by atomic mass is 9.96. The van der Waals surface area contributed by atoms with E-state index in [1.165, 1.54) is 35.3 Å². The minimum absolute atomic E-state index is 0.101. The summed E-state index contributed by atoms with van der Waals surface area (Å²) in [7, 11) is 3.34. The summed E-state index contributed by atoms with van der Waals surface area (Å²) >= 11 is 0.645. The fourth-order valence-corrected chi connectivity index (χ4v) is 14.9. The molecule has 0 bridgehead atoms. The molecule has 25 nitrogen and oxygen atoms in total. The second-order valence-corrected chi connectivity index (χ2v) is 25.5. The number of anilines is 3. The first-order valence-electron chi connectivity index (χ1n) is 26.1. The maximum atomic E-state index is 17.0. The maximum absolute atomic E-state index is 17.0. The predicted octanol–water partition coefficient (Wildman–Crippen LogP) is 7.51. The number of ether oxygens (including phenoxy) is 4. The van der Waals surface area contributed by atoms with Gasteiger partial charge in [-0.2, -0.15) is 4.98 Å². The Morgan fingerprint density at radius 2 is 1.48 bits per heavy atom. The average Bonchev–Trinajstić information content (AvgIpc) is 3.10. The smallest absolute Gasteiger partial charge is 0.389 e. The van der Waals surface area contributed by atoms with Crippen molar-refractivity contribution in [1.29, 1.82) is 0 Å². The summed E-state index contributed by atoms with van der Waals surface area (Å²) in [4.78, 5) is 47.2. The van der Waals surface area contributed by atoms with Gasteiger partial charge in [-0.25, -0.2) is 37.8 Å². The van der Waals surface area contributed by atoms with Gasteiger partial charge in [0.25, 0.3) is 13.0 Å². The minimum atomic E-state index is -4.77. The molecule has 430 valence electrons. The summed E-state index contributed by atoms with van der Waals surface area (Å²) in [5.41, 5.74) is 18.1. The number of carbonyl (C=O) groups excluding carboxylic acids is 1. The molecular formula is C53H48BF2N13O12P2S. The van der Waals surface area contributed by atoms with Crippen LogP contribution < -0.4 is 31.4 Å². The van der Waals surface area contributed by atoms with Gasteiger partial charge < -0.3 is 44.4 Å². The van der Waals surface area contributed by atoms with E-state index in [0.29, 0.717) is 35.8 Å². The lowest BCUT2D eigenvalue weighted by molar-refractivity contribution is -0.0546. The Balaban J connectivity index is 0.693. The molecule has 31 heteroatoms. The number of hydrogen-bond donors (Lipinski definition) is 3. The topological polar surface area (TPSA) is 305 Å². The highest BCUT2D eigenvalue weighted by atomic mass is 32.7. The van der Waals surface area contributed by atoms with Crippen molar-refractivity contribution in [3.05, 3.63) is 149 Å². The molecule has 9 aromatic rings. The number of aromatic amines is 1. The molecule has 4 aliphatic rings. The van der Waals surface area contributed by atoms with Gasteiger partial charge in [-0.05, 0) is 71.0 Å². The molecule has 0 amide bonds. The molecular weight excluding hydrogens is 1150 g/mol. The van der Waals surface area contributed by atoms with Gasteiger partial charge in [0.1, 0.15) is 53.7 Å². The Kier molecular flexibility index (Phi) is 14.7. The van der Waals surface area contributed by atoms with Gasteiger partial charge in [-0.15, -0.1) is 5.10 Å².